The molecule has 6 heteroatoms. The maximum atomic E-state index is 12.4. The zero-order chi connectivity index (χ0) is 14.8. The Morgan fingerprint density at radius 1 is 1.48 bits per heavy atom. The monoisotopic (exact) mass is 303 g/mol. The Morgan fingerprint density at radius 3 is 3.00 bits per heavy atom. The molecule has 3 rings (SSSR count). The molecule has 110 valence electrons. The SMILES string of the molecule is COc1ccc(C)cc1C(=O)CSc1nncn1C1CC1. The van der Waals surface area contributed by atoms with Gasteiger partial charge in [-0.2, -0.15) is 0 Å². The fourth-order valence-electron chi connectivity index (χ4n) is 2.19. The lowest BCUT2D eigenvalue weighted by molar-refractivity contribution is 0.101. The van der Waals surface area contributed by atoms with Gasteiger partial charge in [-0.25, -0.2) is 0 Å². The first-order chi connectivity index (χ1) is 10.2. The van der Waals surface area contributed by atoms with E-state index in [9.17, 15) is 4.79 Å². The topological polar surface area (TPSA) is 57.0 Å². The molecule has 5 nitrogen and oxygen atoms in total. The number of Topliss-reactive ketones (excluding diaryl/α,β-unsaturated/α-hetero) is 1. The minimum absolute atomic E-state index is 0.0471. The van der Waals surface area contributed by atoms with Crippen LogP contribution in [-0.4, -0.2) is 33.4 Å². The maximum Gasteiger partial charge on any atom is 0.191 e. The van der Waals surface area contributed by atoms with Gasteiger partial charge in [0.15, 0.2) is 10.9 Å². The summed E-state index contributed by atoms with van der Waals surface area (Å²) in [6, 6.07) is 6.16. The van der Waals surface area contributed by atoms with Gasteiger partial charge in [-0.1, -0.05) is 23.4 Å². The Morgan fingerprint density at radius 2 is 2.29 bits per heavy atom. The highest BCUT2D eigenvalue weighted by Gasteiger charge is 2.26. The fraction of sp³-hybridized carbons (Fsp3) is 0.400. The Kier molecular flexibility index (Phi) is 3.96. The van der Waals surface area contributed by atoms with E-state index in [0.717, 1.165) is 10.7 Å². The van der Waals surface area contributed by atoms with Crippen molar-refractivity contribution in [3.63, 3.8) is 0 Å². The van der Waals surface area contributed by atoms with E-state index in [2.05, 4.69) is 14.8 Å². The van der Waals surface area contributed by atoms with Crippen molar-refractivity contribution in [3.05, 3.63) is 35.7 Å². The molecular formula is C15H17N3O2S. The second-order valence-corrected chi connectivity index (χ2v) is 6.11. The predicted octanol–water partition coefficient (Wildman–Crippen LogP) is 2.91. The second kappa shape index (κ2) is 5.89. The standard InChI is InChI=1S/C15H17N3O2S/c1-10-3-6-14(20-2)12(7-10)13(19)8-21-15-17-16-9-18(15)11-4-5-11/h3,6-7,9,11H,4-5,8H2,1-2H3. The zero-order valence-electron chi connectivity index (χ0n) is 12.1. The summed E-state index contributed by atoms with van der Waals surface area (Å²) in [5.74, 6) is 1.01. The van der Waals surface area contributed by atoms with E-state index in [0.29, 0.717) is 23.1 Å². The molecule has 2 aromatic rings. The van der Waals surface area contributed by atoms with Gasteiger partial charge >= 0.3 is 0 Å². The van der Waals surface area contributed by atoms with Crippen LogP contribution in [0.15, 0.2) is 29.7 Å². The van der Waals surface area contributed by atoms with Crippen molar-refractivity contribution in [2.75, 3.05) is 12.9 Å². The number of benzene rings is 1. The molecule has 1 aromatic carbocycles. The van der Waals surface area contributed by atoms with Gasteiger partial charge in [0.2, 0.25) is 0 Å². The van der Waals surface area contributed by atoms with Crippen molar-refractivity contribution in [1.82, 2.24) is 14.8 Å². The molecule has 0 radical (unpaired) electrons. The number of aryl methyl sites for hydroxylation is 1. The Hall–Kier alpha value is -1.82. The van der Waals surface area contributed by atoms with Gasteiger partial charge in [0.05, 0.1) is 18.4 Å². The second-order valence-electron chi connectivity index (χ2n) is 5.17. The smallest absolute Gasteiger partial charge is 0.191 e. The lowest BCUT2D eigenvalue weighted by atomic mass is 10.1. The highest BCUT2D eigenvalue weighted by Crippen LogP contribution is 2.37. The predicted molar refractivity (Wildman–Crippen MR) is 81.1 cm³/mol. The summed E-state index contributed by atoms with van der Waals surface area (Å²) in [5, 5.41) is 8.85. The molecule has 1 fully saturated rings. The average Bonchev–Trinajstić information content (AvgIpc) is 3.23. The van der Waals surface area contributed by atoms with Crippen molar-refractivity contribution in [3.8, 4) is 5.75 Å². The largest absolute Gasteiger partial charge is 0.496 e. The maximum absolute atomic E-state index is 12.4. The Labute approximate surface area is 127 Å². The number of ether oxygens (including phenoxy) is 1. The lowest BCUT2D eigenvalue weighted by Crippen LogP contribution is -2.06. The number of aromatic nitrogens is 3. The third-order valence-electron chi connectivity index (χ3n) is 3.47. The zero-order valence-corrected chi connectivity index (χ0v) is 12.9. The highest BCUT2D eigenvalue weighted by molar-refractivity contribution is 7.99. The van der Waals surface area contributed by atoms with Crippen LogP contribution in [0.3, 0.4) is 0 Å². The first-order valence-corrected chi connectivity index (χ1v) is 7.87. The summed E-state index contributed by atoms with van der Waals surface area (Å²) in [5.41, 5.74) is 1.67. The third kappa shape index (κ3) is 3.10. The molecule has 0 atom stereocenters. The van der Waals surface area contributed by atoms with E-state index in [4.69, 9.17) is 4.74 Å². The van der Waals surface area contributed by atoms with Gasteiger partial charge in [0.1, 0.15) is 12.1 Å². The van der Waals surface area contributed by atoms with Gasteiger partial charge in [-0.3, -0.25) is 4.79 Å². The summed E-state index contributed by atoms with van der Waals surface area (Å²) < 4.78 is 7.33. The molecule has 0 aliphatic heterocycles. The first kappa shape index (κ1) is 14.1. The molecule has 0 spiro atoms. The van der Waals surface area contributed by atoms with Crippen LogP contribution in [0.5, 0.6) is 5.75 Å². The number of nitrogens with zero attached hydrogens (tertiary/aromatic N) is 3. The van der Waals surface area contributed by atoms with Crippen LogP contribution in [0.1, 0.15) is 34.8 Å². The van der Waals surface area contributed by atoms with Crippen molar-refractivity contribution in [2.45, 2.75) is 31.0 Å². The molecule has 0 N–H and O–H groups in total. The van der Waals surface area contributed by atoms with Gasteiger partial charge in [0.25, 0.3) is 0 Å². The molecule has 0 saturated heterocycles. The van der Waals surface area contributed by atoms with Crippen LogP contribution < -0.4 is 4.74 Å². The number of hydrogen-bond donors (Lipinski definition) is 0. The average molecular weight is 303 g/mol. The van der Waals surface area contributed by atoms with Crippen molar-refractivity contribution >= 4 is 17.5 Å². The normalized spacial score (nSPS) is 14.2. The molecule has 1 saturated carbocycles. The van der Waals surface area contributed by atoms with Crippen molar-refractivity contribution in [1.29, 1.82) is 0 Å². The van der Waals surface area contributed by atoms with Gasteiger partial charge in [-0.15, -0.1) is 10.2 Å². The summed E-state index contributed by atoms with van der Waals surface area (Å²) >= 11 is 1.43. The van der Waals surface area contributed by atoms with E-state index in [1.54, 1.807) is 13.4 Å². The van der Waals surface area contributed by atoms with E-state index >= 15 is 0 Å². The summed E-state index contributed by atoms with van der Waals surface area (Å²) in [7, 11) is 1.58. The quantitative estimate of drug-likeness (QED) is 0.606. The summed E-state index contributed by atoms with van der Waals surface area (Å²) in [6.45, 7) is 1.97. The minimum atomic E-state index is 0.0471. The number of methoxy groups -OCH3 is 1. The van der Waals surface area contributed by atoms with Crippen LogP contribution in [0.2, 0.25) is 0 Å². The Balaban J connectivity index is 1.71. The summed E-state index contributed by atoms with van der Waals surface area (Å²) in [4.78, 5) is 12.4. The van der Waals surface area contributed by atoms with Crippen LogP contribution in [-0.2, 0) is 0 Å². The molecule has 21 heavy (non-hydrogen) atoms. The number of thioether (sulfide) groups is 1. The van der Waals surface area contributed by atoms with E-state index in [1.165, 1.54) is 24.6 Å². The van der Waals surface area contributed by atoms with E-state index in [1.807, 2.05) is 25.1 Å². The number of hydrogen-bond acceptors (Lipinski definition) is 5. The van der Waals surface area contributed by atoms with E-state index < -0.39 is 0 Å². The van der Waals surface area contributed by atoms with Crippen molar-refractivity contribution < 1.29 is 9.53 Å². The molecule has 0 amide bonds. The van der Waals surface area contributed by atoms with E-state index in [-0.39, 0.29) is 5.78 Å². The Bertz CT molecular complexity index is 665. The van der Waals surface area contributed by atoms with Gasteiger partial charge < -0.3 is 9.30 Å². The molecule has 1 heterocycles. The number of rotatable bonds is 6. The number of carbonyl (C=O) groups is 1. The van der Waals surface area contributed by atoms with Gasteiger partial charge in [-0.05, 0) is 31.9 Å². The van der Waals surface area contributed by atoms with Crippen LogP contribution in [0.4, 0.5) is 0 Å². The molecule has 1 aliphatic carbocycles. The molecule has 0 bridgehead atoms. The molecular weight excluding hydrogens is 286 g/mol. The molecule has 1 aromatic heterocycles. The molecule has 0 unspecified atom stereocenters. The number of carbonyl (C=O) groups excluding carboxylic acids is 1. The van der Waals surface area contributed by atoms with Crippen LogP contribution >= 0.6 is 11.8 Å². The van der Waals surface area contributed by atoms with Gasteiger partial charge in [0, 0.05) is 6.04 Å². The van der Waals surface area contributed by atoms with Crippen LogP contribution in [0.25, 0.3) is 0 Å². The summed E-state index contributed by atoms with van der Waals surface area (Å²) in [6.07, 6.45) is 4.09. The fourth-order valence-corrected chi connectivity index (χ4v) is 3.05. The number of ketones is 1. The minimum Gasteiger partial charge on any atom is -0.496 e. The highest BCUT2D eigenvalue weighted by atomic mass is 32.2. The molecule has 1 aliphatic rings. The third-order valence-corrected chi connectivity index (χ3v) is 4.43. The lowest BCUT2D eigenvalue weighted by Gasteiger charge is -2.08. The first-order valence-electron chi connectivity index (χ1n) is 6.89. The van der Waals surface area contributed by atoms with Crippen LogP contribution in [0, 0.1) is 6.92 Å². The van der Waals surface area contributed by atoms with Crippen molar-refractivity contribution in [2.24, 2.45) is 0 Å².